The summed E-state index contributed by atoms with van der Waals surface area (Å²) < 4.78 is 18.9. The van der Waals surface area contributed by atoms with E-state index in [0.29, 0.717) is 39.3 Å². The maximum atomic E-state index is 13.5. The molecule has 2 atom stereocenters. The van der Waals surface area contributed by atoms with Crippen LogP contribution in [0.5, 0.6) is 0 Å². The van der Waals surface area contributed by atoms with Crippen molar-refractivity contribution in [2.75, 3.05) is 45.9 Å². The van der Waals surface area contributed by atoms with E-state index in [4.69, 9.17) is 4.74 Å². The first-order valence-corrected chi connectivity index (χ1v) is 11.8. The lowest BCUT2D eigenvalue weighted by Gasteiger charge is -2.36. The third-order valence-electron chi connectivity index (χ3n) is 6.55. The number of rotatable bonds is 7. The van der Waals surface area contributed by atoms with E-state index in [1.54, 1.807) is 12.1 Å². The zero-order valence-electron chi connectivity index (χ0n) is 18.9. The van der Waals surface area contributed by atoms with Crippen LogP contribution >= 0.6 is 0 Å². The summed E-state index contributed by atoms with van der Waals surface area (Å²) in [5, 5.41) is 3.12. The minimum Gasteiger partial charge on any atom is -0.379 e. The summed E-state index contributed by atoms with van der Waals surface area (Å²) in [6, 6.07) is 16.1. The topological polar surface area (TPSA) is 61.9 Å². The van der Waals surface area contributed by atoms with Gasteiger partial charge >= 0.3 is 0 Å². The second-order valence-electron chi connectivity index (χ2n) is 8.80. The number of piperidine rings is 1. The predicted octanol–water partition coefficient (Wildman–Crippen LogP) is 2.80. The lowest BCUT2D eigenvalue weighted by Crippen LogP contribution is -2.48. The molecule has 2 fully saturated rings. The number of carbonyl (C=O) groups is 2. The van der Waals surface area contributed by atoms with E-state index in [9.17, 15) is 14.0 Å². The highest BCUT2D eigenvalue weighted by Crippen LogP contribution is 2.23. The molecule has 33 heavy (non-hydrogen) atoms. The van der Waals surface area contributed by atoms with Crippen LogP contribution < -0.4 is 5.32 Å². The van der Waals surface area contributed by atoms with Crippen LogP contribution in [0.4, 0.5) is 4.39 Å². The summed E-state index contributed by atoms with van der Waals surface area (Å²) in [5.41, 5.74) is 1.96. The Kier molecular flexibility index (Phi) is 8.07. The molecule has 2 unspecified atom stereocenters. The highest BCUT2D eigenvalue weighted by molar-refractivity contribution is 5.82. The molecule has 0 aliphatic carbocycles. The van der Waals surface area contributed by atoms with Gasteiger partial charge in [-0.05, 0) is 36.1 Å². The number of benzene rings is 2. The zero-order chi connectivity index (χ0) is 23.0. The van der Waals surface area contributed by atoms with E-state index in [1.807, 2.05) is 35.2 Å². The second kappa shape index (κ2) is 11.4. The van der Waals surface area contributed by atoms with Gasteiger partial charge in [-0.1, -0.05) is 42.5 Å². The molecule has 0 radical (unpaired) electrons. The maximum Gasteiger partial charge on any atom is 0.227 e. The van der Waals surface area contributed by atoms with Crippen molar-refractivity contribution in [2.24, 2.45) is 5.92 Å². The largest absolute Gasteiger partial charge is 0.379 e. The Morgan fingerprint density at radius 3 is 2.48 bits per heavy atom. The second-order valence-corrected chi connectivity index (χ2v) is 8.80. The van der Waals surface area contributed by atoms with Crippen LogP contribution in [0.1, 0.15) is 30.0 Å². The molecular weight excluding hydrogens is 421 g/mol. The van der Waals surface area contributed by atoms with Gasteiger partial charge < -0.3 is 15.0 Å². The van der Waals surface area contributed by atoms with Crippen molar-refractivity contribution in [2.45, 2.75) is 25.3 Å². The average Bonchev–Trinajstić information content (AvgIpc) is 2.86. The molecule has 2 amide bonds. The molecule has 2 saturated heterocycles. The molecule has 0 spiro atoms. The Morgan fingerprint density at radius 1 is 1.03 bits per heavy atom. The van der Waals surface area contributed by atoms with E-state index in [-0.39, 0.29) is 29.6 Å². The molecule has 2 aromatic carbocycles. The average molecular weight is 454 g/mol. The molecule has 7 heteroatoms. The fourth-order valence-corrected chi connectivity index (χ4v) is 4.67. The van der Waals surface area contributed by atoms with Crippen LogP contribution in [0.15, 0.2) is 54.6 Å². The number of nitrogens with zero attached hydrogens (tertiary/aromatic N) is 2. The third-order valence-corrected chi connectivity index (χ3v) is 6.55. The number of hydrogen-bond acceptors (Lipinski definition) is 4. The van der Waals surface area contributed by atoms with Crippen molar-refractivity contribution in [3.8, 4) is 0 Å². The van der Waals surface area contributed by atoms with E-state index < -0.39 is 0 Å². The van der Waals surface area contributed by atoms with Crippen LogP contribution in [0.3, 0.4) is 0 Å². The predicted molar refractivity (Wildman–Crippen MR) is 124 cm³/mol. The Morgan fingerprint density at radius 2 is 1.76 bits per heavy atom. The number of hydrogen-bond donors (Lipinski definition) is 1. The first kappa shape index (κ1) is 23.4. The van der Waals surface area contributed by atoms with Gasteiger partial charge in [0, 0.05) is 32.7 Å². The van der Waals surface area contributed by atoms with Crippen LogP contribution in [-0.4, -0.2) is 67.6 Å². The van der Waals surface area contributed by atoms with Crippen molar-refractivity contribution in [3.05, 3.63) is 71.5 Å². The normalized spacial score (nSPS) is 20.3. The van der Waals surface area contributed by atoms with Gasteiger partial charge in [-0.15, -0.1) is 0 Å². The summed E-state index contributed by atoms with van der Waals surface area (Å²) >= 11 is 0. The summed E-state index contributed by atoms with van der Waals surface area (Å²) in [6.45, 7) is 4.42. The molecule has 1 N–H and O–H groups in total. The monoisotopic (exact) mass is 453 g/mol. The molecule has 2 aromatic rings. The van der Waals surface area contributed by atoms with Gasteiger partial charge in [-0.2, -0.15) is 0 Å². The minimum atomic E-state index is -0.272. The molecular formula is C26H32FN3O3. The van der Waals surface area contributed by atoms with Gasteiger partial charge in [0.2, 0.25) is 11.8 Å². The number of halogens is 1. The molecule has 4 rings (SSSR count). The number of amides is 2. The quantitative estimate of drug-likeness (QED) is 0.701. The van der Waals surface area contributed by atoms with E-state index in [1.165, 1.54) is 12.1 Å². The summed E-state index contributed by atoms with van der Waals surface area (Å²) in [4.78, 5) is 29.9. The SMILES string of the molecule is O=C(NCC(c1ccc(F)cc1)N1CCOCC1)C1CCCN(C(=O)Cc2ccccc2)C1. The van der Waals surface area contributed by atoms with Crippen molar-refractivity contribution in [1.29, 1.82) is 0 Å². The summed E-state index contributed by atoms with van der Waals surface area (Å²) in [5.74, 6) is -0.438. The summed E-state index contributed by atoms with van der Waals surface area (Å²) in [6.07, 6.45) is 1.96. The first-order chi connectivity index (χ1) is 16.1. The Bertz CT molecular complexity index is 916. The first-order valence-electron chi connectivity index (χ1n) is 11.8. The van der Waals surface area contributed by atoms with Gasteiger partial charge in [0.15, 0.2) is 0 Å². The lowest BCUT2D eigenvalue weighted by molar-refractivity contribution is -0.135. The molecule has 0 aromatic heterocycles. The highest BCUT2D eigenvalue weighted by Gasteiger charge is 2.30. The number of nitrogens with one attached hydrogen (secondary N) is 1. The zero-order valence-corrected chi connectivity index (χ0v) is 18.9. The summed E-state index contributed by atoms with van der Waals surface area (Å²) in [7, 11) is 0. The molecule has 2 heterocycles. The van der Waals surface area contributed by atoms with Crippen molar-refractivity contribution in [3.63, 3.8) is 0 Å². The van der Waals surface area contributed by atoms with E-state index >= 15 is 0 Å². The Balaban J connectivity index is 1.35. The maximum absolute atomic E-state index is 13.5. The van der Waals surface area contributed by atoms with E-state index in [2.05, 4.69) is 10.2 Å². The minimum absolute atomic E-state index is 0.0208. The molecule has 176 valence electrons. The smallest absolute Gasteiger partial charge is 0.227 e. The lowest BCUT2D eigenvalue weighted by atomic mass is 9.96. The molecule has 2 aliphatic rings. The number of morpholine rings is 1. The van der Waals surface area contributed by atoms with Crippen molar-refractivity contribution >= 4 is 11.8 Å². The van der Waals surface area contributed by atoms with Gasteiger partial charge in [-0.3, -0.25) is 14.5 Å². The van der Waals surface area contributed by atoms with Gasteiger partial charge in [0.25, 0.3) is 0 Å². The Labute approximate surface area is 194 Å². The van der Waals surface area contributed by atoms with Gasteiger partial charge in [0.05, 0.1) is 31.6 Å². The fraction of sp³-hybridized carbons (Fsp3) is 0.462. The van der Waals surface area contributed by atoms with Crippen LogP contribution in [-0.2, 0) is 20.7 Å². The molecule has 0 bridgehead atoms. The molecule has 0 saturated carbocycles. The van der Waals surface area contributed by atoms with Crippen LogP contribution in [0, 0.1) is 11.7 Å². The van der Waals surface area contributed by atoms with E-state index in [0.717, 1.165) is 37.1 Å². The standard InChI is InChI=1S/C26H32FN3O3/c27-23-10-8-21(9-11-23)24(29-13-15-33-16-14-29)18-28-26(32)22-7-4-12-30(19-22)25(31)17-20-5-2-1-3-6-20/h1-3,5-6,8-11,22,24H,4,7,12-19H2,(H,28,32). The number of carbonyl (C=O) groups excluding carboxylic acids is 2. The molecule has 6 nitrogen and oxygen atoms in total. The highest BCUT2D eigenvalue weighted by atomic mass is 19.1. The fourth-order valence-electron chi connectivity index (χ4n) is 4.67. The van der Waals surface area contributed by atoms with Crippen LogP contribution in [0.25, 0.3) is 0 Å². The number of ether oxygens (including phenoxy) is 1. The van der Waals surface area contributed by atoms with Crippen molar-refractivity contribution in [1.82, 2.24) is 15.1 Å². The van der Waals surface area contributed by atoms with Crippen molar-refractivity contribution < 1.29 is 18.7 Å². The van der Waals surface area contributed by atoms with Gasteiger partial charge in [-0.25, -0.2) is 4.39 Å². The number of likely N-dealkylation sites (tertiary alicyclic amines) is 1. The Hall–Kier alpha value is -2.77. The molecule has 2 aliphatic heterocycles. The van der Waals surface area contributed by atoms with Crippen LogP contribution in [0.2, 0.25) is 0 Å². The van der Waals surface area contributed by atoms with Gasteiger partial charge in [0.1, 0.15) is 5.82 Å². The third kappa shape index (κ3) is 6.39.